The molecule has 4 aromatic heterocycles. The minimum atomic E-state index is -0.172. The van der Waals surface area contributed by atoms with Crippen molar-refractivity contribution in [2.24, 2.45) is 0 Å². The number of furan rings is 1. The molecule has 5 heteroatoms. The molecule has 1 aliphatic carbocycles. The fourth-order valence-corrected chi connectivity index (χ4v) is 10.9. The Morgan fingerprint density at radius 3 is 1.81 bits per heavy atom. The van der Waals surface area contributed by atoms with Crippen molar-refractivity contribution in [1.29, 1.82) is 0 Å². The molecular formula is C59H38N4O. The van der Waals surface area contributed by atoms with Gasteiger partial charge in [-0.15, -0.1) is 0 Å². The first kappa shape index (κ1) is 35.3. The van der Waals surface area contributed by atoms with Crippen LogP contribution in [0.25, 0.3) is 122 Å². The first-order chi connectivity index (χ1) is 31.5. The first-order valence-corrected chi connectivity index (χ1v) is 22.0. The fourth-order valence-electron chi connectivity index (χ4n) is 10.9. The molecule has 0 N–H and O–H groups in total. The zero-order chi connectivity index (χ0) is 42.3. The highest BCUT2D eigenvalue weighted by Gasteiger charge is 2.36. The first-order valence-electron chi connectivity index (χ1n) is 22.0. The second-order valence-electron chi connectivity index (χ2n) is 17.8. The fraction of sp³-hybridized carbons (Fsp3) is 0.0508. The van der Waals surface area contributed by atoms with Crippen LogP contribution in [0.5, 0.6) is 0 Å². The quantitative estimate of drug-likeness (QED) is 0.178. The summed E-state index contributed by atoms with van der Waals surface area (Å²) in [5.74, 6) is 0.659. The molecule has 4 heterocycles. The van der Waals surface area contributed by atoms with Gasteiger partial charge in [-0.3, -0.25) is 4.57 Å². The normalized spacial score (nSPS) is 13.3. The standard InChI is InChI=1S/C59H38N4O/c1-59(2)48-22-12-9-19-39(48)42-31-45-44-30-37(26-28-52(44)63(53(45)33-49(42)59)58-60-50-23-13-10-21-41(50)57(61-58)35-15-5-3-6-16-35)36-25-27-51-43(29-36)46-32-47-40-20-11-14-24-55(40)64-56(47)34-54(46)62(51)38-17-7-4-8-18-38/h3-34H,1-2H3. The lowest BCUT2D eigenvalue weighted by Crippen LogP contribution is -2.15. The molecule has 14 rings (SSSR count). The van der Waals surface area contributed by atoms with Crippen molar-refractivity contribution in [3.63, 3.8) is 0 Å². The van der Waals surface area contributed by atoms with Crippen molar-refractivity contribution in [1.82, 2.24) is 19.1 Å². The van der Waals surface area contributed by atoms with Crippen LogP contribution < -0.4 is 0 Å². The van der Waals surface area contributed by atoms with Gasteiger partial charge in [0.1, 0.15) is 11.2 Å². The predicted molar refractivity (Wildman–Crippen MR) is 264 cm³/mol. The summed E-state index contributed by atoms with van der Waals surface area (Å²) < 4.78 is 11.1. The Morgan fingerprint density at radius 1 is 0.391 bits per heavy atom. The van der Waals surface area contributed by atoms with E-state index in [9.17, 15) is 0 Å². The average Bonchev–Trinajstić information content (AvgIpc) is 4.04. The van der Waals surface area contributed by atoms with E-state index in [-0.39, 0.29) is 5.41 Å². The molecule has 0 bridgehead atoms. The maximum Gasteiger partial charge on any atom is 0.235 e. The van der Waals surface area contributed by atoms with Crippen LogP contribution in [-0.2, 0) is 5.41 Å². The van der Waals surface area contributed by atoms with Gasteiger partial charge in [0.05, 0.1) is 33.3 Å². The Labute approximate surface area is 368 Å². The molecule has 64 heavy (non-hydrogen) atoms. The second kappa shape index (κ2) is 12.9. The van der Waals surface area contributed by atoms with Crippen LogP contribution in [0.4, 0.5) is 0 Å². The zero-order valence-corrected chi connectivity index (χ0v) is 35.2. The van der Waals surface area contributed by atoms with E-state index < -0.39 is 0 Å². The van der Waals surface area contributed by atoms with Gasteiger partial charge in [0.25, 0.3) is 0 Å². The summed E-state index contributed by atoms with van der Waals surface area (Å²) in [7, 11) is 0. The topological polar surface area (TPSA) is 48.8 Å². The number of fused-ring (bicyclic) bond motifs is 13. The molecule has 0 radical (unpaired) electrons. The molecule has 0 saturated heterocycles. The third kappa shape index (κ3) is 4.89. The Morgan fingerprint density at radius 2 is 1.02 bits per heavy atom. The van der Waals surface area contributed by atoms with E-state index in [0.717, 1.165) is 88.4 Å². The Balaban J connectivity index is 1.04. The maximum absolute atomic E-state index is 6.43. The number of hydrogen-bond donors (Lipinski definition) is 0. The highest BCUT2D eigenvalue weighted by Crippen LogP contribution is 2.51. The Hall–Kier alpha value is -8.28. The molecule has 0 amide bonds. The van der Waals surface area contributed by atoms with Crippen LogP contribution in [0, 0.1) is 0 Å². The largest absolute Gasteiger partial charge is 0.456 e. The van der Waals surface area contributed by atoms with Gasteiger partial charge in [-0.05, 0) is 100 Å². The van der Waals surface area contributed by atoms with Crippen molar-refractivity contribution >= 4 is 76.5 Å². The Kier molecular flexibility index (Phi) is 7.11. The van der Waals surface area contributed by atoms with Gasteiger partial charge >= 0.3 is 0 Å². The van der Waals surface area contributed by atoms with Crippen molar-refractivity contribution in [3.8, 4) is 45.1 Å². The van der Waals surface area contributed by atoms with E-state index in [1.807, 2.05) is 6.07 Å². The smallest absolute Gasteiger partial charge is 0.235 e. The SMILES string of the molecule is CC1(C)c2ccccc2-c2cc3c4cc(-c5ccc6c(c5)c5cc7c(cc5n6-c5ccccc5)oc5ccccc57)ccc4n(-c4nc(-c5ccccc5)c5ccccc5n4)c3cc21. The summed E-state index contributed by atoms with van der Waals surface area (Å²) in [6, 6.07) is 69.9. The molecule has 300 valence electrons. The van der Waals surface area contributed by atoms with Crippen LogP contribution in [0.3, 0.4) is 0 Å². The zero-order valence-electron chi connectivity index (χ0n) is 35.2. The van der Waals surface area contributed by atoms with E-state index in [2.05, 4.69) is 211 Å². The van der Waals surface area contributed by atoms with Gasteiger partial charge in [0.2, 0.25) is 5.95 Å². The van der Waals surface area contributed by atoms with Crippen molar-refractivity contribution in [3.05, 3.63) is 205 Å². The van der Waals surface area contributed by atoms with Gasteiger partial charge in [0, 0.05) is 60.4 Å². The molecule has 0 aliphatic heterocycles. The van der Waals surface area contributed by atoms with Gasteiger partial charge in [-0.2, -0.15) is 0 Å². The van der Waals surface area contributed by atoms with Gasteiger partial charge < -0.3 is 8.98 Å². The highest BCUT2D eigenvalue weighted by molar-refractivity contribution is 6.18. The number of rotatable bonds is 4. The van der Waals surface area contributed by atoms with Gasteiger partial charge in [0.15, 0.2) is 0 Å². The van der Waals surface area contributed by atoms with Crippen LogP contribution in [0.1, 0.15) is 25.0 Å². The number of aromatic nitrogens is 4. The van der Waals surface area contributed by atoms with E-state index in [4.69, 9.17) is 14.4 Å². The molecule has 0 unspecified atom stereocenters. The van der Waals surface area contributed by atoms with Gasteiger partial charge in [-0.1, -0.05) is 135 Å². The molecule has 0 fully saturated rings. The average molecular weight is 819 g/mol. The molecule has 9 aromatic carbocycles. The summed E-state index contributed by atoms with van der Waals surface area (Å²) in [5.41, 5.74) is 17.6. The van der Waals surface area contributed by atoms with E-state index in [1.165, 1.54) is 38.4 Å². The molecule has 0 spiro atoms. The van der Waals surface area contributed by atoms with Crippen LogP contribution >= 0.6 is 0 Å². The van der Waals surface area contributed by atoms with Crippen LogP contribution in [-0.4, -0.2) is 19.1 Å². The second-order valence-corrected chi connectivity index (χ2v) is 17.8. The molecule has 0 saturated carbocycles. The third-order valence-electron chi connectivity index (χ3n) is 13.9. The van der Waals surface area contributed by atoms with E-state index in [1.54, 1.807) is 0 Å². The van der Waals surface area contributed by atoms with Crippen molar-refractivity contribution in [2.45, 2.75) is 19.3 Å². The van der Waals surface area contributed by atoms with Crippen molar-refractivity contribution < 1.29 is 4.42 Å². The molecule has 5 nitrogen and oxygen atoms in total. The third-order valence-corrected chi connectivity index (χ3v) is 13.9. The number of nitrogens with zero attached hydrogens (tertiary/aromatic N) is 4. The van der Waals surface area contributed by atoms with Crippen LogP contribution in [0.15, 0.2) is 199 Å². The monoisotopic (exact) mass is 818 g/mol. The van der Waals surface area contributed by atoms with Crippen LogP contribution in [0.2, 0.25) is 0 Å². The lowest BCUT2D eigenvalue weighted by atomic mass is 9.82. The molecular weight excluding hydrogens is 781 g/mol. The summed E-state index contributed by atoms with van der Waals surface area (Å²) in [6.45, 7) is 4.69. The summed E-state index contributed by atoms with van der Waals surface area (Å²) in [5, 5.41) is 8.01. The van der Waals surface area contributed by atoms with E-state index >= 15 is 0 Å². The minimum absolute atomic E-state index is 0.172. The van der Waals surface area contributed by atoms with Crippen molar-refractivity contribution in [2.75, 3.05) is 0 Å². The lowest BCUT2D eigenvalue weighted by molar-refractivity contribution is 0.661. The lowest BCUT2D eigenvalue weighted by Gasteiger charge is -2.21. The predicted octanol–water partition coefficient (Wildman–Crippen LogP) is 15.4. The molecule has 0 atom stereocenters. The Bertz CT molecular complexity index is 4100. The summed E-state index contributed by atoms with van der Waals surface area (Å²) in [6.07, 6.45) is 0. The minimum Gasteiger partial charge on any atom is -0.456 e. The summed E-state index contributed by atoms with van der Waals surface area (Å²) in [4.78, 5) is 10.8. The number of para-hydroxylation sites is 3. The number of hydrogen-bond acceptors (Lipinski definition) is 3. The van der Waals surface area contributed by atoms with E-state index in [0.29, 0.717) is 5.95 Å². The summed E-state index contributed by atoms with van der Waals surface area (Å²) >= 11 is 0. The van der Waals surface area contributed by atoms with Gasteiger partial charge in [-0.25, -0.2) is 9.97 Å². The number of benzene rings is 9. The molecule has 13 aromatic rings. The molecule has 1 aliphatic rings. The maximum atomic E-state index is 6.43. The highest BCUT2D eigenvalue weighted by atomic mass is 16.3.